The normalized spacial score (nSPS) is 15.6. The Labute approximate surface area is 197 Å². The predicted octanol–water partition coefficient (Wildman–Crippen LogP) is 4.28. The maximum absolute atomic E-state index is 13.0. The van der Waals surface area contributed by atoms with Crippen LogP contribution < -0.4 is 5.32 Å². The summed E-state index contributed by atoms with van der Waals surface area (Å²) >= 11 is 12.1. The zero-order chi connectivity index (χ0) is 22.7. The van der Waals surface area contributed by atoms with Crippen molar-refractivity contribution in [1.82, 2.24) is 14.1 Å². The Hall–Kier alpha value is -2.39. The van der Waals surface area contributed by atoms with Gasteiger partial charge in [0.1, 0.15) is 10.7 Å². The maximum Gasteiger partial charge on any atom is 0.244 e. The molecule has 1 saturated heterocycles. The second-order valence-electron chi connectivity index (χ2n) is 7.60. The molecule has 7 nitrogen and oxygen atoms in total. The van der Waals surface area contributed by atoms with Crippen LogP contribution in [-0.2, 0) is 21.4 Å². The number of amides is 1. The van der Waals surface area contributed by atoms with E-state index in [2.05, 4.69) is 10.4 Å². The molecule has 32 heavy (non-hydrogen) atoms. The summed E-state index contributed by atoms with van der Waals surface area (Å²) in [6.45, 7) is 1.000. The quantitative estimate of drug-likeness (QED) is 0.556. The highest BCUT2D eigenvalue weighted by molar-refractivity contribution is 7.89. The molecule has 2 heterocycles. The summed E-state index contributed by atoms with van der Waals surface area (Å²) in [7, 11) is -3.78. The highest BCUT2D eigenvalue weighted by atomic mass is 35.5. The highest BCUT2D eigenvalue weighted by Crippen LogP contribution is 2.30. The molecule has 4 rings (SSSR count). The first-order valence-electron chi connectivity index (χ1n) is 10.2. The van der Waals surface area contributed by atoms with Crippen molar-refractivity contribution in [1.29, 1.82) is 0 Å². The summed E-state index contributed by atoms with van der Waals surface area (Å²) in [6, 6.07) is 16.0. The number of hydrogen-bond acceptors (Lipinski definition) is 4. The maximum atomic E-state index is 13.0. The van der Waals surface area contributed by atoms with Gasteiger partial charge in [0.2, 0.25) is 15.9 Å². The molecule has 1 fully saturated rings. The number of nitrogens with zero attached hydrogens (tertiary/aromatic N) is 3. The average molecular weight is 493 g/mol. The number of benzene rings is 2. The van der Waals surface area contributed by atoms with Crippen molar-refractivity contribution in [2.45, 2.75) is 24.3 Å². The fourth-order valence-corrected chi connectivity index (χ4v) is 5.93. The highest BCUT2D eigenvalue weighted by Gasteiger charge is 2.33. The minimum atomic E-state index is -3.78. The second kappa shape index (κ2) is 9.62. The first-order valence-corrected chi connectivity index (χ1v) is 12.4. The van der Waals surface area contributed by atoms with Crippen molar-refractivity contribution >= 4 is 45.0 Å². The van der Waals surface area contributed by atoms with E-state index >= 15 is 0 Å². The number of hydrogen-bond donors (Lipinski definition) is 1. The van der Waals surface area contributed by atoms with E-state index < -0.39 is 10.0 Å². The Kier molecular flexibility index (Phi) is 6.85. The minimum Gasteiger partial charge on any atom is -0.311 e. The number of carbonyl (C=O) groups excluding carboxylic acids is 1. The third kappa shape index (κ3) is 4.99. The number of aromatic nitrogens is 2. The van der Waals surface area contributed by atoms with Crippen LogP contribution in [0, 0.1) is 5.92 Å². The van der Waals surface area contributed by atoms with Gasteiger partial charge in [0.25, 0.3) is 0 Å². The zero-order valence-corrected chi connectivity index (χ0v) is 19.4. The van der Waals surface area contributed by atoms with Crippen molar-refractivity contribution in [3.8, 4) is 0 Å². The Bertz CT molecular complexity index is 1210. The van der Waals surface area contributed by atoms with E-state index in [0.717, 1.165) is 5.56 Å². The molecule has 0 aliphatic carbocycles. The molecule has 0 atom stereocenters. The fraction of sp³-hybridized carbons (Fsp3) is 0.273. The minimum absolute atomic E-state index is 0.0145. The Morgan fingerprint density at radius 1 is 1.06 bits per heavy atom. The van der Waals surface area contributed by atoms with Gasteiger partial charge >= 0.3 is 0 Å². The number of anilines is 1. The van der Waals surface area contributed by atoms with Gasteiger partial charge < -0.3 is 5.32 Å². The molecule has 10 heteroatoms. The third-order valence-corrected chi connectivity index (χ3v) is 8.09. The van der Waals surface area contributed by atoms with Crippen molar-refractivity contribution in [3.63, 3.8) is 0 Å². The topological polar surface area (TPSA) is 84.3 Å². The molecule has 0 bridgehead atoms. The van der Waals surface area contributed by atoms with Gasteiger partial charge in [-0.2, -0.15) is 9.40 Å². The fourth-order valence-electron chi connectivity index (χ4n) is 3.72. The summed E-state index contributed by atoms with van der Waals surface area (Å²) in [5.74, 6) is 0.175. The summed E-state index contributed by atoms with van der Waals surface area (Å²) in [5.41, 5.74) is 1.07. The predicted molar refractivity (Wildman–Crippen MR) is 124 cm³/mol. The van der Waals surface area contributed by atoms with E-state index in [1.54, 1.807) is 23.0 Å². The molecule has 1 N–H and O–H groups in total. The van der Waals surface area contributed by atoms with Gasteiger partial charge in [-0.15, -0.1) is 0 Å². The summed E-state index contributed by atoms with van der Waals surface area (Å²) < 4.78 is 29.0. The van der Waals surface area contributed by atoms with E-state index in [-0.39, 0.29) is 34.8 Å². The lowest BCUT2D eigenvalue weighted by atomic mass is 9.97. The van der Waals surface area contributed by atoms with Crippen molar-refractivity contribution in [3.05, 3.63) is 76.4 Å². The molecule has 1 aromatic heterocycles. The summed E-state index contributed by atoms with van der Waals surface area (Å²) in [6.07, 6.45) is 2.47. The molecule has 1 amide bonds. The van der Waals surface area contributed by atoms with Crippen LogP contribution in [0.1, 0.15) is 18.4 Å². The Morgan fingerprint density at radius 2 is 1.78 bits per heavy atom. The van der Waals surface area contributed by atoms with Gasteiger partial charge in [0.05, 0.1) is 17.8 Å². The van der Waals surface area contributed by atoms with Crippen LogP contribution in [0.5, 0.6) is 0 Å². The molecule has 3 aromatic rings. The van der Waals surface area contributed by atoms with E-state index in [1.165, 1.54) is 16.4 Å². The molecule has 0 saturated carbocycles. The van der Waals surface area contributed by atoms with Crippen LogP contribution in [0.15, 0.2) is 65.7 Å². The monoisotopic (exact) mass is 492 g/mol. The first-order chi connectivity index (χ1) is 15.3. The lowest BCUT2D eigenvalue weighted by molar-refractivity contribution is -0.121. The molecule has 0 radical (unpaired) electrons. The number of carbonyl (C=O) groups is 1. The molecule has 0 unspecified atom stereocenters. The van der Waals surface area contributed by atoms with Crippen LogP contribution in [-0.4, -0.2) is 41.5 Å². The van der Waals surface area contributed by atoms with E-state index in [9.17, 15) is 13.2 Å². The smallest absolute Gasteiger partial charge is 0.244 e. The largest absolute Gasteiger partial charge is 0.311 e. The van der Waals surface area contributed by atoms with Gasteiger partial charge in [0.15, 0.2) is 0 Å². The van der Waals surface area contributed by atoms with Gasteiger partial charge in [-0.1, -0.05) is 53.5 Å². The molecule has 168 valence electrons. The number of halogens is 2. The van der Waals surface area contributed by atoms with E-state index in [4.69, 9.17) is 23.2 Å². The third-order valence-electron chi connectivity index (χ3n) is 5.48. The van der Waals surface area contributed by atoms with E-state index in [1.807, 2.05) is 30.3 Å². The molecule has 1 aliphatic rings. The number of rotatable bonds is 6. The SMILES string of the molecule is O=C(Nc1ccnn1Cc1ccccc1)C1CCN(S(=O)(=O)c2cc(Cl)ccc2Cl)CC1. The van der Waals surface area contributed by atoms with Crippen molar-refractivity contribution in [2.24, 2.45) is 5.92 Å². The number of nitrogens with one attached hydrogen (secondary N) is 1. The van der Waals surface area contributed by atoms with Crippen LogP contribution in [0.25, 0.3) is 0 Å². The number of sulfonamides is 1. The lowest BCUT2D eigenvalue weighted by Crippen LogP contribution is -2.41. The van der Waals surface area contributed by atoms with Crippen LogP contribution >= 0.6 is 23.2 Å². The van der Waals surface area contributed by atoms with Gasteiger partial charge in [0, 0.05) is 30.1 Å². The standard InChI is InChI=1S/C22H22Cl2N4O3S/c23-18-6-7-19(24)20(14-18)32(30,31)27-12-9-17(10-13-27)22(29)26-21-8-11-25-28(21)15-16-4-2-1-3-5-16/h1-8,11,14,17H,9-10,12-13,15H2,(H,26,29). The molecule has 0 spiro atoms. The summed E-state index contributed by atoms with van der Waals surface area (Å²) in [4.78, 5) is 12.8. The summed E-state index contributed by atoms with van der Waals surface area (Å²) in [5, 5.41) is 7.66. The van der Waals surface area contributed by atoms with Gasteiger partial charge in [-0.25, -0.2) is 13.1 Å². The van der Waals surface area contributed by atoms with Gasteiger partial charge in [-0.3, -0.25) is 4.79 Å². The van der Waals surface area contributed by atoms with E-state index in [0.29, 0.717) is 30.2 Å². The van der Waals surface area contributed by atoms with Crippen LogP contribution in [0.2, 0.25) is 10.0 Å². The number of piperidine rings is 1. The van der Waals surface area contributed by atoms with Crippen LogP contribution in [0.4, 0.5) is 5.82 Å². The second-order valence-corrected chi connectivity index (χ2v) is 10.4. The zero-order valence-electron chi connectivity index (χ0n) is 17.1. The Balaban J connectivity index is 1.38. The Morgan fingerprint density at radius 3 is 2.50 bits per heavy atom. The molecule has 2 aromatic carbocycles. The van der Waals surface area contributed by atoms with Crippen molar-refractivity contribution in [2.75, 3.05) is 18.4 Å². The van der Waals surface area contributed by atoms with Crippen molar-refractivity contribution < 1.29 is 13.2 Å². The lowest BCUT2D eigenvalue weighted by Gasteiger charge is -2.30. The van der Waals surface area contributed by atoms with Crippen LogP contribution in [0.3, 0.4) is 0 Å². The first kappa shape index (κ1) is 22.8. The van der Waals surface area contributed by atoms with Gasteiger partial charge in [-0.05, 0) is 36.6 Å². The molecule has 1 aliphatic heterocycles. The average Bonchev–Trinajstić information content (AvgIpc) is 3.22. The molecular formula is C22H22Cl2N4O3S. The molecular weight excluding hydrogens is 471 g/mol.